The van der Waals surface area contributed by atoms with Gasteiger partial charge in [-0.1, -0.05) is 30.3 Å². The number of ether oxygens (including phenoxy) is 1. The largest absolute Gasteiger partial charge is 0.484 e. The van der Waals surface area contributed by atoms with E-state index in [1.807, 2.05) is 0 Å². The minimum absolute atomic E-state index is 0.146. The molecule has 26 heavy (non-hydrogen) atoms. The molecule has 0 bridgehead atoms. The van der Waals surface area contributed by atoms with Crippen LogP contribution >= 0.6 is 0 Å². The summed E-state index contributed by atoms with van der Waals surface area (Å²) in [4.78, 5) is 4.04. The molecule has 0 aliphatic heterocycles. The molecule has 0 amide bonds. The normalized spacial score (nSPS) is 12.0. The van der Waals surface area contributed by atoms with E-state index in [4.69, 9.17) is 0 Å². The topological polar surface area (TPSA) is 45.7 Å². The highest BCUT2D eigenvalue weighted by Crippen LogP contribution is 2.18. The highest BCUT2D eigenvalue weighted by molar-refractivity contribution is 5.79. The van der Waals surface area contributed by atoms with Gasteiger partial charge in [-0.2, -0.15) is 13.2 Å². The molecule has 0 radical (unpaired) electrons. The van der Waals surface area contributed by atoms with Gasteiger partial charge in [-0.3, -0.25) is 4.99 Å². The van der Waals surface area contributed by atoms with Gasteiger partial charge in [-0.05, 0) is 23.8 Å². The lowest BCUT2D eigenvalue weighted by Gasteiger charge is -2.13. The second-order valence-electron chi connectivity index (χ2n) is 5.42. The molecule has 4 nitrogen and oxygen atoms in total. The number of hydrogen-bond acceptors (Lipinski definition) is 2. The number of nitrogens with one attached hydrogen (secondary N) is 2. The Bertz CT molecular complexity index is 730. The number of hydrogen-bond donors (Lipinski definition) is 2. The van der Waals surface area contributed by atoms with Crippen molar-refractivity contribution in [3.8, 4) is 5.75 Å². The average Bonchev–Trinajstić information content (AvgIpc) is 2.62. The van der Waals surface area contributed by atoms with Crippen molar-refractivity contribution in [2.45, 2.75) is 19.3 Å². The van der Waals surface area contributed by atoms with Crippen molar-refractivity contribution in [3.05, 3.63) is 65.5 Å². The maximum absolute atomic E-state index is 13.6. The summed E-state index contributed by atoms with van der Waals surface area (Å²) < 4.78 is 54.6. The second kappa shape index (κ2) is 9.07. The molecular weight excluding hydrogens is 350 g/mol. The lowest BCUT2D eigenvalue weighted by molar-refractivity contribution is -0.153. The van der Waals surface area contributed by atoms with Crippen molar-refractivity contribution in [2.75, 3.05) is 13.7 Å². The summed E-state index contributed by atoms with van der Waals surface area (Å²) in [5.74, 6) is 0.323. The molecule has 2 aromatic rings. The first-order valence-corrected chi connectivity index (χ1v) is 7.84. The summed E-state index contributed by atoms with van der Waals surface area (Å²) in [6.07, 6.45) is -4.36. The number of aliphatic imine (C=N–C) groups is 1. The van der Waals surface area contributed by atoms with E-state index in [1.54, 1.807) is 37.4 Å². The lowest BCUT2D eigenvalue weighted by Crippen LogP contribution is -2.36. The van der Waals surface area contributed by atoms with Crippen LogP contribution in [0.4, 0.5) is 17.6 Å². The first-order valence-electron chi connectivity index (χ1n) is 7.84. The number of rotatable bonds is 6. The van der Waals surface area contributed by atoms with Gasteiger partial charge in [0.15, 0.2) is 12.6 Å². The SMILES string of the molecule is CN=C(NCc1ccc(OCC(F)(F)F)cc1)NCc1ccccc1F. The van der Waals surface area contributed by atoms with Crippen molar-refractivity contribution in [1.82, 2.24) is 10.6 Å². The lowest BCUT2D eigenvalue weighted by atomic mass is 10.2. The zero-order chi connectivity index (χ0) is 19.0. The molecule has 8 heteroatoms. The van der Waals surface area contributed by atoms with E-state index >= 15 is 0 Å². The van der Waals surface area contributed by atoms with Crippen LogP contribution < -0.4 is 15.4 Å². The molecule has 0 spiro atoms. The van der Waals surface area contributed by atoms with E-state index in [0.717, 1.165) is 5.56 Å². The number of benzene rings is 2. The Morgan fingerprint density at radius 3 is 2.27 bits per heavy atom. The van der Waals surface area contributed by atoms with E-state index < -0.39 is 12.8 Å². The third-order valence-corrected chi connectivity index (χ3v) is 3.41. The second-order valence-corrected chi connectivity index (χ2v) is 5.42. The quantitative estimate of drug-likeness (QED) is 0.464. The van der Waals surface area contributed by atoms with E-state index in [9.17, 15) is 17.6 Å². The maximum atomic E-state index is 13.6. The van der Waals surface area contributed by atoms with E-state index in [2.05, 4.69) is 20.4 Å². The fraction of sp³-hybridized carbons (Fsp3) is 0.278. The Kier molecular flexibility index (Phi) is 6.82. The van der Waals surface area contributed by atoms with Crippen LogP contribution in [0, 0.1) is 5.82 Å². The molecule has 0 heterocycles. The van der Waals surface area contributed by atoms with E-state index in [1.165, 1.54) is 18.2 Å². The summed E-state index contributed by atoms with van der Waals surface area (Å²) in [5, 5.41) is 6.04. The molecule has 140 valence electrons. The highest BCUT2D eigenvalue weighted by atomic mass is 19.4. The fourth-order valence-electron chi connectivity index (χ4n) is 2.10. The van der Waals surface area contributed by atoms with Crippen molar-refractivity contribution >= 4 is 5.96 Å². The molecule has 0 aromatic heterocycles. The van der Waals surface area contributed by atoms with Crippen LogP contribution in [-0.2, 0) is 13.1 Å². The molecule has 0 saturated heterocycles. The van der Waals surface area contributed by atoms with Gasteiger partial charge < -0.3 is 15.4 Å². The van der Waals surface area contributed by atoms with Gasteiger partial charge in [0.2, 0.25) is 0 Å². The predicted octanol–water partition coefficient (Wildman–Crippen LogP) is 3.63. The first kappa shape index (κ1) is 19.6. The van der Waals surface area contributed by atoms with Gasteiger partial charge in [-0.15, -0.1) is 0 Å². The molecule has 2 N–H and O–H groups in total. The average molecular weight is 369 g/mol. The first-order chi connectivity index (χ1) is 12.4. The molecule has 0 aliphatic rings. The summed E-state index contributed by atoms with van der Waals surface area (Å²) in [6.45, 7) is -0.649. The summed E-state index contributed by atoms with van der Waals surface area (Å²) in [6, 6.07) is 12.7. The van der Waals surface area contributed by atoms with Crippen molar-refractivity contribution < 1.29 is 22.3 Å². The molecule has 0 aliphatic carbocycles. The summed E-state index contributed by atoms with van der Waals surface area (Å²) in [5.41, 5.74) is 1.35. The summed E-state index contributed by atoms with van der Waals surface area (Å²) >= 11 is 0. The highest BCUT2D eigenvalue weighted by Gasteiger charge is 2.28. The zero-order valence-corrected chi connectivity index (χ0v) is 14.1. The zero-order valence-electron chi connectivity index (χ0n) is 14.1. The van der Waals surface area contributed by atoms with Crippen LogP contribution in [0.2, 0.25) is 0 Å². The Hall–Kier alpha value is -2.77. The van der Waals surface area contributed by atoms with Gasteiger partial charge in [0.05, 0.1) is 0 Å². The van der Waals surface area contributed by atoms with Gasteiger partial charge in [-0.25, -0.2) is 4.39 Å². The van der Waals surface area contributed by atoms with Crippen LogP contribution in [0.1, 0.15) is 11.1 Å². The number of guanidine groups is 1. The molecule has 0 unspecified atom stereocenters. The van der Waals surface area contributed by atoms with Gasteiger partial charge in [0.1, 0.15) is 11.6 Å². The smallest absolute Gasteiger partial charge is 0.422 e. The minimum atomic E-state index is -4.36. The molecule has 2 aromatic carbocycles. The maximum Gasteiger partial charge on any atom is 0.422 e. The number of nitrogens with zero attached hydrogens (tertiary/aromatic N) is 1. The summed E-state index contributed by atoms with van der Waals surface area (Å²) in [7, 11) is 1.59. The Morgan fingerprint density at radius 1 is 1.00 bits per heavy atom. The standard InChI is InChI=1S/C18H19F4N3O/c1-23-17(25-11-14-4-2-3-5-16(14)19)24-10-13-6-8-15(9-7-13)26-12-18(20,21)22/h2-9H,10-12H2,1H3,(H2,23,24,25). The van der Waals surface area contributed by atoms with Crippen molar-refractivity contribution in [2.24, 2.45) is 4.99 Å². The van der Waals surface area contributed by atoms with Crippen LogP contribution in [0.15, 0.2) is 53.5 Å². The van der Waals surface area contributed by atoms with E-state index in [0.29, 0.717) is 18.1 Å². The molecular formula is C18H19F4N3O. The molecule has 2 rings (SSSR count). The molecule has 0 atom stereocenters. The van der Waals surface area contributed by atoms with Crippen LogP contribution in [-0.4, -0.2) is 25.8 Å². The monoisotopic (exact) mass is 369 g/mol. The van der Waals surface area contributed by atoms with Gasteiger partial charge in [0, 0.05) is 25.7 Å². The predicted molar refractivity (Wildman–Crippen MR) is 91.4 cm³/mol. The van der Waals surface area contributed by atoms with Crippen LogP contribution in [0.25, 0.3) is 0 Å². The van der Waals surface area contributed by atoms with Gasteiger partial charge in [0.25, 0.3) is 0 Å². The Balaban J connectivity index is 1.82. The van der Waals surface area contributed by atoms with E-state index in [-0.39, 0.29) is 18.1 Å². The van der Waals surface area contributed by atoms with Crippen molar-refractivity contribution in [1.29, 1.82) is 0 Å². The van der Waals surface area contributed by atoms with Crippen LogP contribution in [0.5, 0.6) is 5.75 Å². The molecule has 0 fully saturated rings. The third kappa shape index (κ3) is 6.62. The number of alkyl halides is 3. The van der Waals surface area contributed by atoms with Crippen LogP contribution in [0.3, 0.4) is 0 Å². The van der Waals surface area contributed by atoms with Gasteiger partial charge >= 0.3 is 6.18 Å². The Morgan fingerprint density at radius 2 is 1.65 bits per heavy atom. The Labute approximate surface area is 148 Å². The number of halogens is 4. The fourth-order valence-corrected chi connectivity index (χ4v) is 2.10. The van der Waals surface area contributed by atoms with Crippen molar-refractivity contribution in [3.63, 3.8) is 0 Å². The third-order valence-electron chi connectivity index (χ3n) is 3.41. The minimum Gasteiger partial charge on any atom is -0.484 e. The molecule has 0 saturated carbocycles.